The Morgan fingerprint density at radius 1 is 1.07 bits per heavy atom. The average Bonchev–Trinajstić information content (AvgIpc) is 2.64. The number of nitro benzene ring substituents is 1. The molecule has 0 aliphatic heterocycles. The Hall–Kier alpha value is -2.94. The number of nitrogens with one attached hydrogen (secondary N) is 2. The standard InChI is InChI=1S/C19H24N4O4S/c1-5-15(6-2)20-21-18-10-8-16(12-19(18)23(24)25)28(26,27)22-17-9-7-13(3)11-14(17)4/h7-12,21-22H,5-6H2,1-4H3. The Morgan fingerprint density at radius 2 is 1.71 bits per heavy atom. The SMILES string of the molecule is CCC(CC)=NNc1ccc(S(=O)(=O)Nc2ccc(C)cc2C)cc1[N+](=O)[O-]. The number of rotatable bonds is 8. The number of nitrogens with zero attached hydrogens (tertiary/aromatic N) is 2. The van der Waals surface area contributed by atoms with Gasteiger partial charge in [0.05, 0.1) is 15.5 Å². The number of nitro groups is 1. The van der Waals surface area contributed by atoms with Crippen molar-refractivity contribution >= 4 is 32.8 Å². The van der Waals surface area contributed by atoms with Gasteiger partial charge in [0.2, 0.25) is 0 Å². The normalized spacial score (nSPS) is 11.0. The molecular weight excluding hydrogens is 380 g/mol. The van der Waals surface area contributed by atoms with E-state index in [0.29, 0.717) is 18.5 Å². The Morgan fingerprint density at radius 3 is 2.29 bits per heavy atom. The van der Waals surface area contributed by atoms with Gasteiger partial charge < -0.3 is 0 Å². The van der Waals surface area contributed by atoms with Crippen molar-refractivity contribution in [3.63, 3.8) is 0 Å². The molecule has 0 spiro atoms. The zero-order valence-corrected chi connectivity index (χ0v) is 17.1. The minimum atomic E-state index is -3.98. The topological polar surface area (TPSA) is 114 Å². The lowest BCUT2D eigenvalue weighted by atomic mass is 10.1. The number of aryl methyl sites for hydroxylation is 2. The van der Waals surface area contributed by atoms with Gasteiger partial charge in [-0.05, 0) is 50.5 Å². The molecule has 0 heterocycles. The van der Waals surface area contributed by atoms with E-state index in [1.165, 1.54) is 12.1 Å². The van der Waals surface area contributed by atoms with Gasteiger partial charge >= 0.3 is 0 Å². The summed E-state index contributed by atoms with van der Waals surface area (Å²) in [6, 6.07) is 9.00. The molecule has 0 unspecified atom stereocenters. The summed E-state index contributed by atoms with van der Waals surface area (Å²) in [5, 5.41) is 15.6. The van der Waals surface area contributed by atoms with Crippen molar-refractivity contribution in [3.05, 3.63) is 57.6 Å². The maximum atomic E-state index is 12.7. The molecule has 150 valence electrons. The van der Waals surface area contributed by atoms with Crippen LogP contribution in [0.5, 0.6) is 0 Å². The zero-order chi connectivity index (χ0) is 20.9. The van der Waals surface area contributed by atoms with Crippen molar-refractivity contribution in [1.29, 1.82) is 0 Å². The molecule has 2 rings (SSSR count). The molecule has 2 aromatic carbocycles. The van der Waals surface area contributed by atoms with Crippen molar-refractivity contribution in [2.75, 3.05) is 10.1 Å². The molecule has 2 N–H and O–H groups in total. The van der Waals surface area contributed by atoms with Gasteiger partial charge in [0, 0.05) is 11.8 Å². The van der Waals surface area contributed by atoms with Gasteiger partial charge in [-0.15, -0.1) is 0 Å². The second-order valence-electron chi connectivity index (χ2n) is 6.36. The number of anilines is 2. The van der Waals surface area contributed by atoms with E-state index in [1.54, 1.807) is 19.1 Å². The summed E-state index contributed by atoms with van der Waals surface area (Å²) in [5.41, 5.74) is 5.49. The summed E-state index contributed by atoms with van der Waals surface area (Å²) in [7, 11) is -3.98. The molecule has 8 nitrogen and oxygen atoms in total. The van der Waals surface area contributed by atoms with Gasteiger partial charge in [-0.3, -0.25) is 20.3 Å². The minimum Gasteiger partial charge on any atom is -0.279 e. The maximum absolute atomic E-state index is 12.7. The van der Waals surface area contributed by atoms with Gasteiger partial charge in [0.1, 0.15) is 5.69 Å². The quantitative estimate of drug-likeness (QED) is 0.379. The van der Waals surface area contributed by atoms with E-state index in [9.17, 15) is 18.5 Å². The van der Waals surface area contributed by atoms with Gasteiger partial charge in [0.25, 0.3) is 15.7 Å². The Kier molecular flexibility index (Phi) is 6.74. The first kappa shape index (κ1) is 21.4. The van der Waals surface area contributed by atoms with Crippen molar-refractivity contribution in [2.45, 2.75) is 45.4 Å². The number of hydrogen-bond acceptors (Lipinski definition) is 6. The number of benzene rings is 2. The van der Waals surface area contributed by atoms with Gasteiger partial charge in [-0.25, -0.2) is 8.42 Å². The predicted octanol–water partition coefficient (Wildman–Crippen LogP) is 4.60. The smallest absolute Gasteiger partial charge is 0.279 e. The van der Waals surface area contributed by atoms with Crippen molar-refractivity contribution < 1.29 is 13.3 Å². The van der Waals surface area contributed by atoms with Crippen LogP contribution < -0.4 is 10.1 Å². The van der Waals surface area contributed by atoms with E-state index in [0.717, 1.165) is 22.9 Å². The molecule has 0 fully saturated rings. The highest BCUT2D eigenvalue weighted by atomic mass is 32.2. The van der Waals surface area contributed by atoms with Gasteiger partial charge in [0.15, 0.2) is 0 Å². The molecule has 0 atom stereocenters. The molecule has 0 amide bonds. The van der Waals surface area contributed by atoms with Crippen LogP contribution in [0.2, 0.25) is 0 Å². The van der Waals surface area contributed by atoms with Crippen LogP contribution in [0.15, 0.2) is 46.4 Å². The molecular formula is C19H24N4O4S. The van der Waals surface area contributed by atoms with E-state index >= 15 is 0 Å². The minimum absolute atomic E-state index is 0.134. The number of sulfonamides is 1. The first-order valence-corrected chi connectivity index (χ1v) is 10.4. The van der Waals surface area contributed by atoms with E-state index in [2.05, 4.69) is 15.2 Å². The van der Waals surface area contributed by atoms with Crippen LogP contribution in [0.3, 0.4) is 0 Å². The molecule has 0 aliphatic rings. The molecule has 0 aromatic heterocycles. The van der Waals surface area contributed by atoms with Crippen LogP contribution in [0.4, 0.5) is 17.1 Å². The van der Waals surface area contributed by atoms with Gasteiger partial charge in [-0.2, -0.15) is 5.10 Å². The van der Waals surface area contributed by atoms with Crippen LogP contribution in [0, 0.1) is 24.0 Å². The Labute approximate surface area is 164 Å². The molecule has 2 aromatic rings. The van der Waals surface area contributed by atoms with E-state index < -0.39 is 14.9 Å². The van der Waals surface area contributed by atoms with Crippen molar-refractivity contribution in [1.82, 2.24) is 0 Å². The second-order valence-corrected chi connectivity index (χ2v) is 8.04. The van der Waals surface area contributed by atoms with Gasteiger partial charge in [-0.1, -0.05) is 31.5 Å². The van der Waals surface area contributed by atoms with Crippen LogP contribution in [0.25, 0.3) is 0 Å². The van der Waals surface area contributed by atoms with Crippen LogP contribution in [0.1, 0.15) is 37.8 Å². The first-order chi connectivity index (χ1) is 13.2. The molecule has 0 saturated carbocycles. The Bertz CT molecular complexity index is 1010. The van der Waals surface area contributed by atoms with Crippen LogP contribution >= 0.6 is 0 Å². The summed E-state index contributed by atoms with van der Waals surface area (Å²) < 4.78 is 27.9. The fourth-order valence-corrected chi connectivity index (χ4v) is 3.75. The summed E-state index contributed by atoms with van der Waals surface area (Å²) in [4.78, 5) is 10.6. The highest BCUT2D eigenvalue weighted by Crippen LogP contribution is 2.29. The lowest BCUT2D eigenvalue weighted by Gasteiger charge is -2.12. The summed E-state index contributed by atoms with van der Waals surface area (Å²) in [6.07, 6.45) is 1.42. The van der Waals surface area contributed by atoms with E-state index in [4.69, 9.17) is 0 Å². The molecule has 9 heteroatoms. The summed E-state index contributed by atoms with van der Waals surface area (Å²) in [6.45, 7) is 7.57. The highest BCUT2D eigenvalue weighted by Gasteiger charge is 2.22. The summed E-state index contributed by atoms with van der Waals surface area (Å²) >= 11 is 0. The summed E-state index contributed by atoms with van der Waals surface area (Å²) in [5.74, 6) is 0. The van der Waals surface area contributed by atoms with Crippen molar-refractivity contribution in [2.24, 2.45) is 5.10 Å². The predicted molar refractivity (Wildman–Crippen MR) is 111 cm³/mol. The highest BCUT2D eigenvalue weighted by molar-refractivity contribution is 7.92. The first-order valence-electron chi connectivity index (χ1n) is 8.87. The second kappa shape index (κ2) is 8.83. The fraction of sp³-hybridized carbons (Fsp3) is 0.316. The average molecular weight is 404 g/mol. The third-order valence-electron chi connectivity index (χ3n) is 4.25. The molecule has 0 saturated heterocycles. The fourth-order valence-electron chi connectivity index (χ4n) is 2.60. The lowest BCUT2D eigenvalue weighted by molar-refractivity contribution is -0.384. The molecule has 0 aliphatic carbocycles. The monoisotopic (exact) mass is 404 g/mol. The third kappa shape index (κ3) is 5.07. The maximum Gasteiger partial charge on any atom is 0.295 e. The van der Waals surface area contributed by atoms with Crippen molar-refractivity contribution in [3.8, 4) is 0 Å². The van der Waals surface area contributed by atoms with Crippen LogP contribution in [-0.4, -0.2) is 19.1 Å². The van der Waals surface area contributed by atoms with E-state index in [1.807, 2.05) is 26.8 Å². The zero-order valence-electron chi connectivity index (χ0n) is 16.3. The Balaban J connectivity index is 2.38. The number of hydrazone groups is 1. The number of hydrogen-bond donors (Lipinski definition) is 2. The molecule has 0 bridgehead atoms. The van der Waals surface area contributed by atoms with Crippen LogP contribution in [-0.2, 0) is 10.0 Å². The molecule has 0 radical (unpaired) electrons. The third-order valence-corrected chi connectivity index (χ3v) is 5.62. The largest absolute Gasteiger partial charge is 0.295 e. The molecule has 28 heavy (non-hydrogen) atoms. The van der Waals surface area contributed by atoms with E-state index in [-0.39, 0.29) is 16.3 Å². The lowest BCUT2D eigenvalue weighted by Crippen LogP contribution is -2.14.